The molecule has 6 aliphatic carbocycles. The number of thiazole rings is 2. The molecule has 0 unspecified atom stereocenters. The van der Waals surface area contributed by atoms with Gasteiger partial charge in [-0.1, -0.05) is 0 Å². The third-order valence-electron chi connectivity index (χ3n) is 14.0. The summed E-state index contributed by atoms with van der Waals surface area (Å²) < 4.78 is 73.0. The molecule has 388 valence electrons. The molecule has 3 amide bonds. The van der Waals surface area contributed by atoms with Gasteiger partial charge >= 0.3 is 5.97 Å². The number of aromatic nitrogens is 6. The molecule has 6 aromatic rings. The molecule has 2 spiro atoms. The maximum Gasteiger partial charge on any atom is 0.339 e. The van der Waals surface area contributed by atoms with Gasteiger partial charge in [0.15, 0.2) is 9.75 Å². The molecule has 19 nitrogen and oxygen atoms in total. The second kappa shape index (κ2) is 20.0. The van der Waals surface area contributed by atoms with E-state index in [1.165, 1.54) is 68.6 Å². The molecule has 0 atom stereocenters. The normalized spacial score (nSPS) is 24.6. The van der Waals surface area contributed by atoms with Crippen molar-refractivity contribution in [1.82, 2.24) is 34.5 Å². The van der Waals surface area contributed by atoms with Gasteiger partial charge in [-0.25, -0.2) is 41.4 Å². The number of fused-ring (bicyclic) bond motifs is 2. The molecular weight excluding hydrogens is 1000 g/mol. The summed E-state index contributed by atoms with van der Waals surface area (Å²) in [5.74, 6) is 0.00474. The first-order valence-corrected chi connectivity index (χ1v) is 25.5. The molecule has 25 heteroatoms. The minimum absolute atomic E-state index is 0.00462. The molecule has 6 fully saturated rings. The Morgan fingerprint density at radius 3 is 1.53 bits per heavy atom. The molecule has 0 aromatic carbocycles. The van der Waals surface area contributed by atoms with E-state index >= 15 is 0 Å². The van der Waals surface area contributed by atoms with E-state index in [0.717, 1.165) is 87.1 Å². The van der Waals surface area contributed by atoms with Gasteiger partial charge in [-0.15, -0.1) is 22.7 Å². The van der Waals surface area contributed by atoms with E-state index in [-0.39, 0.29) is 46.6 Å². The first-order valence-electron chi connectivity index (χ1n) is 23.9. The zero-order valence-corrected chi connectivity index (χ0v) is 40.7. The van der Waals surface area contributed by atoms with Crippen molar-refractivity contribution in [1.29, 1.82) is 0 Å². The summed E-state index contributed by atoms with van der Waals surface area (Å²) in [6.45, 7) is -1.41. The van der Waals surface area contributed by atoms with E-state index in [1.807, 2.05) is 0 Å². The van der Waals surface area contributed by atoms with Gasteiger partial charge in [-0.3, -0.25) is 14.4 Å². The van der Waals surface area contributed by atoms with Crippen molar-refractivity contribution in [2.45, 2.75) is 126 Å². The van der Waals surface area contributed by atoms with Gasteiger partial charge < -0.3 is 46.6 Å². The van der Waals surface area contributed by atoms with Crippen molar-refractivity contribution in [3.63, 3.8) is 0 Å². The lowest BCUT2D eigenvalue weighted by atomic mass is 9.53. The fraction of sp³-hybridized carbons (Fsp3) is 0.500. The number of carbonyl (C=O) groups excluding carboxylic acids is 3. The van der Waals surface area contributed by atoms with Gasteiger partial charge in [0, 0.05) is 23.9 Å². The number of rotatable bonds is 17. The van der Waals surface area contributed by atoms with Gasteiger partial charge in [0.25, 0.3) is 30.6 Å². The molecule has 8 N–H and O–H groups in total. The molecule has 73 heavy (non-hydrogen) atoms. The fourth-order valence-electron chi connectivity index (χ4n) is 10.2. The number of carboxylic acid groups (broad SMARTS) is 1. The molecule has 0 radical (unpaired) electrons. The van der Waals surface area contributed by atoms with Crippen molar-refractivity contribution in [3.05, 3.63) is 79.9 Å². The van der Waals surface area contributed by atoms with Crippen molar-refractivity contribution in [2.75, 3.05) is 13.2 Å². The predicted octanol–water partition coefficient (Wildman–Crippen LogP) is 6.98. The summed E-state index contributed by atoms with van der Waals surface area (Å²) in [4.78, 5) is 56.8. The number of amides is 3. The van der Waals surface area contributed by atoms with Crippen LogP contribution < -0.4 is 41.5 Å². The third-order valence-corrected chi connectivity index (χ3v) is 16.4. The Morgan fingerprint density at radius 2 is 1.12 bits per heavy atom. The summed E-state index contributed by atoms with van der Waals surface area (Å²) in [6.07, 6.45) is 12.8. The van der Waals surface area contributed by atoms with Gasteiger partial charge in [0.1, 0.15) is 52.5 Å². The second-order valence-corrected chi connectivity index (χ2v) is 22.0. The summed E-state index contributed by atoms with van der Waals surface area (Å²) in [7, 11) is 0. The monoisotopic (exact) mass is 1050 g/mol. The van der Waals surface area contributed by atoms with Crippen LogP contribution in [-0.4, -0.2) is 108 Å². The molecule has 12 rings (SSSR count). The molecule has 6 heterocycles. The second-order valence-electron chi connectivity index (χ2n) is 19.9. The number of hydrogen-bond acceptors (Lipinski definition) is 15. The van der Waals surface area contributed by atoms with E-state index in [9.17, 15) is 36.7 Å². The van der Waals surface area contributed by atoms with Crippen LogP contribution in [0.25, 0.3) is 11.0 Å². The zero-order valence-electron chi connectivity index (χ0n) is 39.1. The smallest absolute Gasteiger partial charge is 0.339 e. The largest absolute Gasteiger partial charge is 0.486 e. The zero-order chi connectivity index (χ0) is 51.3. The number of halogens is 4. The summed E-state index contributed by atoms with van der Waals surface area (Å²) in [5, 5.41) is 21.8. The van der Waals surface area contributed by atoms with Gasteiger partial charge in [0.05, 0.1) is 41.4 Å². The van der Waals surface area contributed by atoms with Gasteiger partial charge in [0.2, 0.25) is 11.8 Å². The summed E-state index contributed by atoms with van der Waals surface area (Å²) in [5.41, 5.74) is 18.8. The van der Waals surface area contributed by atoms with E-state index in [4.69, 9.17) is 41.3 Å². The topological polar surface area (TPSA) is 276 Å². The first-order chi connectivity index (χ1) is 34.9. The molecule has 0 aliphatic heterocycles. The standard InChI is InChI=1S/C24H25F2N5O4S.C14H19N3O2S.C10H8F2N2O3/c25-18(26)11-34-14-3-4-17-16(9-28-31(17)10-14)21(33)29-13-5-24(6-13)7-15(8-24)35-22-19(20(27)32)36-23(30-22)12-1-2-12;15-8-3-14(4-8)5-9(6-14)19-12-10(11(16)18)20-13(17-12)7-1-2-7;11-9(12)5-17-6-1-2-8-7(10(15)16)3-13-14(8)4-6/h3-4,9-10,12-13,15,18H,1-2,5-8,11H2,(H2,27,32)(H,29,33);7-9H,1-6,15H2,(H2,16,18);1-4,9H,5H2,(H,15,16). The average Bonchev–Trinajstić information content (AvgIpc) is 4.14. The third kappa shape index (κ3) is 11.2. The number of hydrogen-bond donors (Lipinski definition) is 5. The van der Waals surface area contributed by atoms with Crippen LogP contribution in [-0.2, 0) is 0 Å². The van der Waals surface area contributed by atoms with E-state index in [0.29, 0.717) is 61.4 Å². The summed E-state index contributed by atoms with van der Waals surface area (Å²) in [6, 6.07) is 6.49. The minimum Gasteiger partial charge on any atom is -0.486 e. The number of carboxylic acids is 1. The van der Waals surface area contributed by atoms with E-state index in [1.54, 1.807) is 12.1 Å². The van der Waals surface area contributed by atoms with Crippen molar-refractivity contribution < 1.29 is 60.8 Å². The quantitative estimate of drug-likeness (QED) is 0.0577. The fourth-order valence-corrected chi connectivity index (χ4v) is 12.3. The predicted molar refractivity (Wildman–Crippen MR) is 255 cm³/mol. The number of alkyl halides is 4. The van der Waals surface area contributed by atoms with Gasteiger partial charge in [-0.05, 0) is 112 Å². The molecule has 0 saturated heterocycles. The number of primary amides is 2. The Balaban J connectivity index is 0.000000139. The van der Waals surface area contributed by atoms with Crippen LogP contribution in [0.15, 0.2) is 49.1 Å². The SMILES string of the molecule is NC(=O)c1sc(C2CC2)nc1OC1CC2(CC(N)C2)C1.NC(=O)c1sc(C2CC2)nc1OC1CC2(CC(NC(=O)c3cnn4cc(OCC(F)F)ccc34)C2)C1.O=C(O)c1cnn2cc(OCC(F)F)ccc12. The lowest BCUT2D eigenvalue weighted by Gasteiger charge is -2.57. The molecule has 6 aliphatic rings. The Morgan fingerprint density at radius 1 is 0.685 bits per heavy atom. The lowest BCUT2D eigenvalue weighted by Crippen LogP contribution is -2.58. The highest BCUT2D eigenvalue weighted by Gasteiger charge is 2.55. The van der Waals surface area contributed by atoms with Gasteiger partial charge in [-0.2, -0.15) is 10.2 Å². The minimum atomic E-state index is -2.57. The Kier molecular flexibility index (Phi) is 13.7. The molecule has 6 aromatic heterocycles. The van der Waals surface area contributed by atoms with Crippen LogP contribution >= 0.6 is 22.7 Å². The number of pyridine rings is 2. The van der Waals surface area contributed by atoms with Crippen LogP contribution in [0.1, 0.15) is 139 Å². The lowest BCUT2D eigenvalue weighted by molar-refractivity contribution is -0.0846. The van der Waals surface area contributed by atoms with Crippen LogP contribution in [0, 0.1) is 10.8 Å². The number of aromatic carboxylic acids is 1. The Bertz CT molecular complexity index is 3040. The highest BCUT2D eigenvalue weighted by atomic mass is 32.1. The molecule has 6 saturated carbocycles. The number of nitrogens with two attached hydrogens (primary N) is 3. The number of nitrogens with one attached hydrogen (secondary N) is 1. The molecular formula is C48H52F4N10O9S2. The number of nitrogens with zero attached hydrogens (tertiary/aromatic N) is 6. The van der Waals surface area contributed by atoms with E-state index in [2.05, 4.69) is 25.5 Å². The Labute approximate surface area is 421 Å². The number of ether oxygens (including phenoxy) is 4. The van der Waals surface area contributed by atoms with Crippen molar-refractivity contribution in [3.8, 4) is 23.3 Å². The van der Waals surface area contributed by atoms with Crippen LogP contribution in [0.3, 0.4) is 0 Å². The highest BCUT2D eigenvalue weighted by Crippen LogP contribution is 2.58. The molecule has 0 bridgehead atoms. The summed E-state index contributed by atoms with van der Waals surface area (Å²) >= 11 is 2.75. The van der Waals surface area contributed by atoms with Crippen molar-refractivity contribution in [2.24, 2.45) is 28.0 Å². The van der Waals surface area contributed by atoms with Crippen molar-refractivity contribution >= 4 is 57.4 Å². The van der Waals surface area contributed by atoms with Crippen LogP contribution in [0.4, 0.5) is 17.6 Å². The van der Waals surface area contributed by atoms with E-state index < -0.39 is 43.8 Å². The maximum atomic E-state index is 12.8. The number of carbonyl (C=O) groups is 4. The highest BCUT2D eigenvalue weighted by molar-refractivity contribution is 7.14. The Hall–Kier alpha value is -6.60. The maximum absolute atomic E-state index is 12.8. The average molecular weight is 1050 g/mol. The first kappa shape index (κ1) is 50.0. The van der Waals surface area contributed by atoms with Crippen LogP contribution in [0.2, 0.25) is 0 Å². The van der Waals surface area contributed by atoms with Crippen LogP contribution in [0.5, 0.6) is 23.3 Å².